The molecular weight excluding hydrogens is 589 g/mol. The first kappa shape index (κ1) is 33.4. The number of rotatable bonds is 11. The van der Waals surface area contributed by atoms with Gasteiger partial charge in [0.05, 0.1) is 10.6 Å². The van der Waals surface area contributed by atoms with E-state index in [2.05, 4.69) is 5.32 Å². The van der Waals surface area contributed by atoms with Crippen LogP contribution in [0.2, 0.25) is 0 Å². The highest BCUT2D eigenvalue weighted by Crippen LogP contribution is 2.27. The zero-order valence-electron chi connectivity index (χ0n) is 26.3. The highest BCUT2D eigenvalue weighted by Gasteiger charge is 2.36. The van der Waals surface area contributed by atoms with Gasteiger partial charge in [-0.3, -0.25) is 13.9 Å². The van der Waals surface area contributed by atoms with Crippen LogP contribution in [-0.2, 0) is 32.6 Å². The van der Waals surface area contributed by atoms with Crippen LogP contribution in [0.5, 0.6) is 0 Å². The lowest BCUT2D eigenvalue weighted by Gasteiger charge is -2.35. The molecule has 0 saturated carbocycles. The first-order valence-electron chi connectivity index (χ1n) is 14.8. The molecule has 0 bridgehead atoms. The zero-order valence-corrected chi connectivity index (χ0v) is 27.1. The number of para-hydroxylation sites is 1. The van der Waals surface area contributed by atoms with Gasteiger partial charge in [-0.25, -0.2) is 12.8 Å². The fraction of sp³-hybridized carbons (Fsp3) is 0.278. The van der Waals surface area contributed by atoms with E-state index < -0.39 is 39.9 Å². The third-order valence-corrected chi connectivity index (χ3v) is 8.99. The minimum atomic E-state index is -4.39. The lowest BCUT2D eigenvalue weighted by molar-refractivity contribution is -0.140. The molecule has 2 amide bonds. The molecule has 4 aromatic carbocycles. The summed E-state index contributed by atoms with van der Waals surface area (Å²) in [4.78, 5) is 29.7. The number of benzene rings is 4. The van der Waals surface area contributed by atoms with E-state index in [9.17, 15) is 18.0 Å². The number of nitrogens with one attached hydrogen (secondary N) is 1. The Balaban J connectivity index is 1.83. The number of carbonyl (C=O) groups is 2. The molecule has 0 aliphatic heterocycles. The fourth-order valence-electron chi connectivity index (χ4n) is 5.02. The largest absolute Gasteiger partial charge is 0.350 e. The van der Waals surface area contributed by atoms with Crippen LogP contribution in [-0.4, -0.2) is 43.3 Å². The maximum absolute atomic E-state index is 15.3. The van der Waals surface area contributed by atoms with Crippen LogP contribution >= 0.6 is 0 Å². The molecule has 0 aromatic heterocycles. The van der Waals surface area contributed by atoms with Crippen molar-refractivity contribution in [3.63, 3.8) is 0 Å². The number of amides is 2. The van der Waals surface area contributed by atoms with Crippen molar-refractivity contribution in [3.8, 4) is 0 Å². The van der Waals surface area contributed by atoms with Gasteiger partial charge in [0.2, 0.25) is 11.8 Å². The SMILES string of the molecule is Cc1ccc(S(=O)(=O)N(CC(=O)N(Cc2cccc(C)c2)[C@H](Cc2ccccc2)C(=O)NC(C)(C)C)c2ccccc2F)cc1. The van der Waals surface area contributed by atoms with Crippen LogP contribution in [0.1, 0.15) is 43.0 Å². The number of hydrogen-bond acceptors (Lipinski definition) is 4. The average molecular weight is 630 g/mol. The molecule has 0 aliphatic rings. The van der Waals surface area contributed by atoms with E-state index in [1.807, 2.05) is 89.2 Å². The Bertz CT molecular complexity index is 1740. The van der Waals surface area contributed by atoms with Gasteiger partial charge in [0.15, 0.2) is 0 Å². The van der Waals surface area contributed by atoms with Gasteiger partial charge in [0.1, 0.15) is 18.4 Å². The molecule has 9 heteroatoms. The summed E-state index contributed by atoms with van der Waals surface area (Å²) in [6.45, 7) is 8.62. The Morgan fingerprint density at radius 3 is 2.04 bits per heavy atom. The maximum Gasteiger partial charge on any atom is 0.264 e. The van der Waals surface area contributed by atoms with Gasteiger partial charge in [0, 0.05) is 18.5 Å². The molecule has 0 saturated heterocycles. The van der Waals surface area contributed by atoms with Gasteiger partial charge < -0.3 is 10.2 Å². The molecule has 4 rings (SSSR count). The van der Waals surface area contributed by atoms with Crippen LogP contribution in [0.3, 0.4) is 0 Å². The number of nitrogens with zero attached hydrogens (tertiary/aromatic N) is 2. The van der Waals surface area contributed by atoms with Gasteiger partial charge in [0.25, 0.3) is 10.0 Å². The summed E-state index contributed by atoms with van der Waals surface area (Å²) in [6.07, 6.45) is 0.185. The molecule has 0 radical (unpaired) electrons. The van der Waals surface area contributed by atoms with E-state index in [0.717, 1.165) is 32.6 Å². The Labute approximate surface area is 265 Å². The second-order valence-electron chi connectivity index (χ2n) is 12.2. The highest BCUT2D eigenvalue weighted by atomic mass is 32.2. The maximum atomic E-state index is 15.3. The van der Waals surface area contributed by atoms with Crippen molar-refractivity contribution in [2.24, 2.45) is 0 Å². The van der Waals surface area contributed by atoms with Gasteiger partial charge in [-0.05, 0) is 70.0 Å². The second kappa shape index (κ2) is 14.1. The molecule has 0 aliphatic carbocycles. The summed E-state index contributed by atoms with van der Waals surface area (Å²) >= 11 is 0. The molecule has 0 fully saturated rings. The van der Waals surface area contributed by atoms with Crippen molar-refractivity contribution >= 4 is 27.5 Å². The predicted octanol–water partition coefficient (Wildman–Crippen LogP) is 6.19. The molecule has 1 N–H and O–H groups in total. The minimum Gasteiger partial charge on any atom is -0.350 e. The van der Waals surface area contributed by atoms with Crippen molar-refractivity contribution in [3.05, 3.63) is 131 Å². The van der Waals surface area contributed by atoms with E-state index in [-0.39, 0.29) is 29.5 Å². The van der Waals surface area contributed by atoms with Crippen LogP contribution in [0, 0.1) is 19.7 Å². The van der Waals surface area contributed by atoms with Crippen molar-refractivity contribution in [2.45, 2.75) is 64.1 Å². The summed E-state index contributed by atoms with van der Waals surface area (Å²) in [5.74, 6) is -1.83. The van der Waals surface area contributed by atoms with E-state index >= 15 is 4.39 Å². The minimum absolute atomic E-state index is 0.0330. The van der Waals surface area contributed by atoms with Crippen LogP contribution in [0.15, 0.2) is 108 Å². The fourth-order valence-corrected chi connectivity index (χ4v) is 6.44. The Morgan fingerprint density at radius 1 is 0.800 bits per heavy atom. The topological polar surface area (TPSA) is 86.8 Å². The highest BCUT2D eigenvalue weighted by molar-refractivity contribution is 7.92. The summed E-state index contributed by atoms with van der Waals surface area (Å²) in [5, 5.41) is 3.00. The molecule has 0 unspecified atom stereocenters. The Hall–Kier alpha value is -4.50. The van der Waals surface area contributed by atoms with Crippen LogP contribution in [0.25, 0.3) is 0 Å². The molecule has 4 aromatic rings. The van der Waals surface area contributed by atoms with Gasteiger partial charge in [-0.1, -0.05) is 90.0 Å². The van der Waals surface area contributed by atoms with Crippen LogP contribution in [0.4, 0.5) is 10.1 Å². The first-order chi connectivity index (χ1) is 21.2. The lowest BCUT2D eigenvalue weighted by Crippen LogP contribution is -2.56. The van der Waals surface area contributed by atoms with Gasteiger partial charge >= 0.3 is 0 Å². The Kier molecular flexibility index (Phi) is 10.4. The normalized spacial score (nSPS) is 12.3. The smallest absolute Gasteiger partial charge is 0.264 e. The quantitative estimate of drug-likeness (QED) is 0.214. The number of carbonyl (C=O) groups excluding carboxylic acids is 2. The number of aryl methyl sites for hydroxylation is 2. The van der Waals surface area contributed by atoms with E-state index in [1.165, 1.54) is 35.2 Å². The lowest BCUT2D eigenvalue weighted by atomic mass is 10.0. The van der Waals surface area contributed by atoms with E-state index in [4.69, 9.17) is 0 Å². The number of sulfonamides is 1. The van der Waals surface area contributed by atoms with Crippen molar-refractivity contribution < 1.29 is 22.4 Å². The second-order valence-corrected chi connectivity index (χ2v) is 14.1. The van der Waals surface area contributed by atoms with E-state index in [0.29, 0.717) is 0 Å². The molecule has 7 nitrogen and oxygen atoms in total. The third-order valence-electron chi connectivity index (χ3n) is 7.21. The summed E-state index contributed by atoms with van der Waals surface area (Å²) < 4.78 is 44.1. The van der Waals surface area contributed by atoms with Crippen LogP contribution < -0.4 is 9.62 Å². The Morgan fingerprint density at radius 2 is 1.42 bits per heavy atom. The molecule has 0 heterocycles. The standard InChI is InChI=1S/C36H40FN3O4S/c1-26-18-20-30(21-19-26)45(43,44)40(32-17-10-9-16-31(32)37)25-34(41)39(24-29-15-11-12-27(2)22-29)33(35(42)38-36(3,4)5)23-28-13-7-6-8-14-28/h6-22,33H,23-25H2,1-5H3,(H,38,42)/t33-/m1/s1. The zero-order chi connectivity index (χ0) is 32.8. The first-order valence-corrected chi connectivity index (χ1v) is 16.2. The predicted molar refractivity (Wildman–Crippen MR) is 176 cm³/mol. The summed E-state index contributed by atoms with van der Waals surface area (Å²) in [6, 6.07) is 27.5. The van der Waals surface area contributed by atoms with Gasteiger partial charge in [-0.15, -0.1) is 0 Å². The number of hydrogen-bond donors (Lipinski definition) is 1. The summed E-state index contributed by atoms with van der Waals surface area (Å²) in [5.41, 5.74) is 2.54. The summed E-state index contributed by atoms with van der Waals surface area (Å²) in [7, 11) is -4.39. The van der Waals surface area contributed by atoms with Crippen molar-refractivity contribution in [1.29, 1.82) is 0 Å². The molecule has 236 valence electrons. The monoisotopic (exact) mass is 629 g/mol. The molecule has 1 atom stereocenters. The van der Waals surface area contributed by atoms with Crippen molar-refractivity contribution in [1.82, 2.24) is 10.2 Å². The number of halogens is 1. The molecular formula is C36H40FN3O4S. The van der Waals surface area contributed by atoms with E-state index in [1.54, 1.807) is 12.1 Å². The van der Waals surface area contributed by atoms with Gasteiger partial charge in [-0.2, -0.15) is 0 Å². The molecule has 45 heavy (non-hydrogen) atoms. The number of anilines is 1. The third kappa shape index (κ3) is 8.79. The average Bonchev–Trinajstić information content (AvgIpc) is 2.98. The van der Waals surface area contributed by atoms with Crippen molar-refractivity contribution in [2.75, 3.05) is 10.8 Å². The molecule has 0 spiro atoms.